The van der Waals surface area contributed by atoms with E-state index in [0.29, 0.717) is 17.0 Å². The van der Waals surface area contributed by atoms with E-state index in [1.165, 1.54) is 18.2 Å². The molecule has 0 amide bonds. The third-order valence-electron chi connectivity index (χ3n) is 4.38. The van der Waals surface area contributed by atoms with Gasteiger partial charge in [-0.1, -0.05) is 12.1 Å². The van der Waals surface area contributed by atoms with Gasteiger partial charge >= 0.3 is 11.9 Å². The molecule has 150 valence electrons. The lowest BCUT2D eigenvalue weighted by Crippen LogP contribution is -2.36. The zero-order chi connectivity index (χ0) is 20.8. The van der Waals surface area contributed by atoms with E-state index < -0.39 is 28.7 Å². The number of rotatable bonds is 7. The van der Waals surface area contributed by atoms with Crippen LogP contribution in [0.3, 0.4) is 0 Å². The predicted molar refractivity (Wildman–Crippen MR) is 102 cm³/mol. The van der Waals surface area contributed by atoms with E-state index in [-0.39, 0.29) is 31.0 Å². The van der Waals surface area contributed by atoms with Crippen molar-refractivity contribution in [3.05, 3.63) is 51.2 Å². The lowest BCUT2D eigenvalue weighted by atomic mass is 9.75. The molecule has 2 rings (SSSR count). The molecule has 0 saturated carbocycles. The van der Waals surface area contributed by atoms with Crippen molar-refractivity contribution in [2.24, 2.45) is 16.6 Å². The Hall–Kier alpha value is -3.07. The van der Waals surface area contributed by atoms with Gasteiger partial charge in [0.15, 0.2) is 0 Å². The highest BCUT2D eigenvalue weighted by molar-refractivity contribution is 6.07. The van der Waals surface area contributed by atoms with Crippen molar-refractivity contribution in [3.63, 3.8) is 0 Å². The van der Waals surface area contributed by atoms with Crippen LogP contribution in [0.4, 0.5) is 5.69 Å². The maximum Gasteiger partial charge on any atom is 0.336 e. The molecule has 0 aliphatic carbocycles. The molecule has 2 unspecified atom stereocenters. The second kappa shape index (κ2) is 9.23. The summed E-state index contributed by atoms with van der Waals surface area (Å²) >= 11 is 0. The van der Waals surface area contributed by atoms with Crippen molar-refractivity contribution in [1.29, 1.82) is 0 Å². The molecule has 9 heteroatoms. The summed E-state index contributed by atoms with van der Waals surface area (Å²) in [7, 11) is 0. The molecule has 2 atom stereocenters. The molecule has 9 nitrogen and oxygen atoms in total. The molecule has 1 aromatic carbocycles. The first kappa shape index (κ1) is 21.2. The number of hydrogen-bond donors (Lipinski definition) is 1. The number of esters is 2. The van der Waals surface area contributed by atoms with Crippen LogP contribution < -0.4 is 5.73 Å². The van der Waals surface area contributed by atoms with Crippen LogP contribution in [0, 0.1) is 16.0 Å². The van der Waals surface area contributed by atoms with E-state index in [1.54, 1.807) is 26.8 Å². The number of nitro groups is 1. The first-order valence-electron chi connectivity index (χ1n) is 8.85. The Morgan fingerprint density at radius 1 is 1.29 bits per heavy atom. The Labute approximate surface area is 162 Å². The molecule has 0 spiro atoms. The third kappa shape index (κ3) is 4.42. The molecule has 0 bridgehead atoms. The van der Waals surface area contributed by atoms with Crippen LogP contribution in [0.1, 0.15) is 32.3 Å². The van der Waals surface area contributed by atoms with Crippen LogP contribution in [0.25, 0.3) is 0 Å². The highest BCUT2D eigenvalue weighted by Gasteiger charge is 2.42. The molecule has 0 saturated heterocycles. The average Bonchev–Trinajstić information content (AvgIpc) is 2.65. The van der Waals surface area contributed by atoms with E-state index in [4.69, 9.17) is 15.2 Å². The zero-order valence-electron chi connectivity index (χ0n) is 16.0. The number of carbonyl (C=O) groups is 2. The molecular weight excluding hydrogens is 366 g/mol. The van der Waals surface area contributed by atoms with Crippen molar-refractivity contribution in [2.75, 3.05) is 19.8 Å². The maximum absolute atomic E-state index is 12.7. The van der Waals surface area contributed by atoms with Crippen molar-refractivity contribution >= 4 is 23.3 Å². The summed E-state index contributed by atoms with van der Waals surface area (Å²) in [6.45, 7) is 5.27. The van der Waals surface area contributed by atoms with Crippen molar-refractivity contribution in [3.8, 4) is 0 Å². The normalized spacial score (nSPS) is 19.1. The van der Waals surface area contributed by atoms with Crippen molar-refractivity contribution < 1.29 is 24.0 Å². The predicted octanol–water partition coefficient (Wildman–Crippen LogP) is 2.11. The molecule has 0 fully saturated rings. The number of hydrogen-bond acceptors (Lipinski definition) is 8. The fourth-order valence-corrected chi connectivity index (χ4v) is 3.26. The van der Waals surface area contributed by atoms with Crippen LogP contribution in [0.15, 0.2) is 40.5 Å². The van der Waals surface area contributed by atoms with Gasteiger partial charge in [-0.25, -0.2) is 4.79 Å². The SMILES string of the molecule is CCOC(=O)C1C(C)=NC(C)=C(C(=O)OCCN)C1c1cccc([N+](=O)[O-])c1. The Morgan fingerprint density at radius 3 is 2.61 bits per heavy atom. The summed E-state index contributed by atoms with van der Waals surface area (Å²) in [5, 5.41) is 11.2. The Balaban J connectivity index is 2.63. The number of allylic oxidation sites excluding steroid dienone is 1. The molecule has 28 heavy (non-hydrogen) atoms. The lowest BCUT2D eigenvalue weighted by Gasteiger charge is -2.31. The second-order valence-corrected chi connectivity index (χ2v) is 6.24. The fraction of sp³-hybridized carbons (Fsp3) is 0.421. The minimum atomic E-state index is -0.897. The summed E-state index contributed by atoms with van der Waals surface area (Å²) in [6, 6.07) is 5.83. The number of carbonyl (C=O) groups excluding carboxylic acids is 2. The highest BCUT2D eigenvalue weighted by atomic mass is 16.6. The largest absolute Gasteiger partial charge is 0.465 e. The van der Waals surface area contributed by atoms with Gasteiger partial charge in [0.25, 0.3) is 5.69 Å². The summed E-state index contributed by atoms with van der Waals surface area (Å²) in [4.78, 5) is 40.4. The van der Waals surface area contributed by atoms with Gasteiger partial charge in [-0.05, 0) is 26.3 Å². The van der Waals surface area contributed by atoms with E-state index in [0.717, 1.165) is 0 Å². The van der Waals surface area contributed by atoms with E-state index in [9.17, 15) is 19.7 Å². The Kier molecular flexibility index (Phi) is 7.00. The van der Waals surface area contributed by atoms with Crippen LogP contribution in [-0.4, -0.2) is 42.3 Å². The van der Waals surface area contributed by atoms with Crippen LogP contribution in [0.5, 0.6) is 0 Å². The molecule has 1 aromatic rings. The second-order valence-electron chi connectivity index (χ2n) is 6.24. The van der Waals surface area contributed by atoms with E-state index >= 15 is 0 Å². The van der Waals surface area contributed by atoms with E-state index in [1.807, 2.05) is 0 Å². The van der Waals surface area contributed by atoms with Crippen LogP contribution >= 0.6 is 0 Å². The summed E-state index contributed by atoms with van der Waals surface area (Å²) in [5.41, 5.74) is 6.70. The number of aliphatic imine (C=N–C) groups is 1. The minimum absolute atomic E-state index is 0.00401. The Morgan fingerprint density at radius 2 is 2.00 bits per heavy atom. The zero-order valence-corrected chi connectivity index (χ0v) is 16.0. The van der Waals surface area contributed by atoms with Gasteiger partial charge in [0.05, 0.1) is 17.1 Å². The quantitative estimate of drug-likeness (QED) is 0.429. The molecule has 1 heterocycles. The highest BCUT2D eigenvalue weighted by Crippen LogP contribution is 2.40. The van der Waals surface area contributed by atoms with Gasteiger partial charge in [0.1, 0.15) is 12.5 Å². The molecule has 0 aromatic heterocycles. The smallest absolute Gasteiger partial charge is 0.336 e. The minimum Gasteiger partial charge on any atom is -0.465 e. The van der Waals surface area contributed by atoms with Gasteiger partial charge < -0.3 is 15.2 Å². The lowest BCUT2D eigenvalue weighted by molar-refractivity contribution is -0.384. The van der Waals surface area contributed by atoms with Gasteiger partial charge in [0, 0.05) is 36.0 Å². The molecular formula is C19H23N3O6. The number of ether oxygens (including phenoxy) is 2. The van der Waals surface area contributed by atoms with Crippen LogP contribution in [-0.2, 0) is 19.1 Å². The summed E-state index contributed by atoms with van der Waals surface area (Å²) in [6.07, 6.45) is 0. The fourth-order valence-electron chi connectivity index (χ4n) is 3.26. The van der Waals surface area contributed by atoms with Gasteiger partial charge in [-0.15, -0.1) is 0 Å². The monoisotopic (exact) mass is 389 g/mol. The van der Waals surface area contributed by atoms with Crippen molar-refractivity contribution in [2.45, 2.75) is 26.7 Å². The molecule has 2 N–H and O–H groups in total. The topological polar surface area (TPSA) is 134 Å². The Bertz CT molecular complexity index is 846. The van der Waals surface area contributed by atoms with Crippen molar-refractivity contribution in [1.82, 2.24) is 0 Å². The first-order chi connectivity index (χ1) is 13.3. The average molecular weight is 389 g/mol. The molecule has 0 radical (unpaired) electrons. The summed E-state index contributed by atoms with van der Waals surface area (Å²) < 4.78 is 10.4. The number of non-ortho nitro benzene ring substituents is 1. The first-order valence-corrected chi connectivity index (χ1v) is 8.85. The van der Waals surface area contributed by atoms with Gasteiger partial charge in [0.2, 0.25) is 0 Å². The van der Waals surface area contributed by atoms with E-state index in [2.05, 4.69) is 4.99 Å². The number of nitrogens with two attached hydrogens (primary N) is 1. The van der Waals surface area contributed by atoms with Crippen LogP contribution in [0.2, 0.25) is 0 Å². The van der Waals surface area contributed by atoms with Gasteiger partial charge in [-0.2, -0.15) is 0 Å². The number of nitrogens with zero attached hydrogens (tertiary/aromatic N) is 2. The molecule has 1 aliphatic heterocycles. The summed E-state index contributed by atoms with van der Waals surface area (Å²) in [5.74, 6) is -2.94. The maximum atomic E-state index is 12.7. The third-order valence-corrected chi connectivity index (χ3v) is 4.38. The standard InChI is InChI=1S/C19H23N3O6/c1-4-27-18(23)15-11(2)21-12(3)16(19(24)28-9-8-20)17(15)13-6-5-7-14(10-13)22(25)26/h5-7,10,15,17H,4,8-9,20H2,1-3H3. The molecule has 1 aliphatic rings. The number of nitro benzene ring substituents is 1. The number of benzene rings is 1. The van der Waals surface area contributed by atoms with Gasteiger partial charge in [-0.3, -0.25) is 19.9 Å².